The Morgan fingerprint density at radius 2 is 1.29 bits per heavy atom. The van der Waals surface area contributed by atoms with E-state index < -0.39 is 0 Å². The summed E-state index contributed by atoms with van der Waals surface area (Å²) in [6, 6.07) is 0. The fourth-order valence-electron chi connectivity index (χ4n) is 0. The van der Waals surface area contributed by atoms with Crippen LogP contribution in [0.4, 0.5) is 0 Å². The average Bonchev–Trinajstić information content (AvgIpc) is 2.58. The summed E-state index contributed by atoms with van der Waals surface area (Å²) in [5, 5.41) is 0. The Kier molecular flexibility index (Phi) is 27.6. The molecular weight excluding hydrogens is 96.0 g/mol. The summed E-state index contributed by atoms with van der Waals surface area (Å²) in [4.78, 5) is 14.0. The van der Waals surface area contributed by atoms with Gasteiger partial charge in [-0.15, -0.1) is 13.2 Å². The van der Waals surface area contributed by atoms with Gasteiger partial charge in [0, 0.05) is 9.93 Å². The van der Waals surface area contributed by atoms with Gasteiger partial charge in [0.2, 0.25) is 0 Å². The van der Waals surface area contributed by atoms with E-state index >= 15 is 0 Å². The molecule has 0 aromatic carbocycles. The van der Waals surface area contributed by atoms with Crippen molar-refractivity contribution >= 4 is 0 Å². The fourth-order valence-corrected chi connectivity index (χ4v) is 0. The molecule has 0 saturated heterocycles. The fraction of sp³-hybridized carbons (Fsp3) is 0. The van der Waals surface area contributed by atoms with Crippen molar-refractivity contribution < 1.29 is 4.74 Å². The van der Waals surface area contributed by atoms with Crippen LogP contribution < -0.4 is 0 Å². The summed E-state index contributed by atoms with van der Waals surface area (Å²) < 4.78 is 4.25. The number of hydrogen-bond acceptors (Lipinski definition) is 3. The van der Waals surface area contributed by atoms with Gasteiger partial charge in [0.15, 0.2) is 0 Å². The Morgan fingerprint density at radius 1 is 1.14 bits per heavy atom. The van der Waals surface area contributed by atoms with Gasteiger partial charge in [-0.05, 0) is 0 Å². The molecule has 0 aromatic rings. The first-order valence-corrected chi connectivity index (χ1v) is 1.47. The van der Waals surface area contributed by atoms with E-state index in [-0.39, 0.29) is 0 Å². The quantitative estimate of drug-likeness (QED) is 0.434. The molecule has 3 heteroatoms. The Balaban J connectivity index is 0. The van der Waals surface area contributed by atoms with E-state index in [0.29, 0.717) is 0 Å². The molecule has 1 aliphatic rings. The maximum atomic E-state index is 7.00. The molecule has 0 amide bonds. The van der Waals surface area contributed by atoms with Crippen LogP contribution in [0.5, 0.6) is 0 Å². The first-order chi connectivity index (χ1) is 3.50. The second-order valence-corrected chi connectivity index (χ2v) is 0.408. The highest BCUT2D eigenvalue weighted by Gasteiger charge is 1.74. The lowest BCUT2D eigenvalue weighted by atomic mass is 11.3. The van der Waals surface area contributed by atoms with Gasteiger partial charge in [-0.3, -0.25) is 0 Å². The summed E-state index contributed by atoms with van der Waals surface area (Å²) >= 11 is 0. The predicted molar refractivity (Wildman–Crippen MR) is 28.2 cm³/mol. The molecule has 1 aliphatic heterocycles. The molecule has 3 nitrogen and oxygen atoms in total. The zero-order valence-corrected chi connectivity index (χ0v) is 3.79. The van der Waals surface area contributed by atoms with Gasteiger partial charge in [0.25, 0.3) is 0 Å². The molecule has 0 radical (unpaired) electrons. The summed E-state index contributed by atoms with van der Waals surface area (Å²) in [6.45, 7) is 6.00. The molecule has 1 heterocycles. The van der Waals surface area contributed by atoms with Crippen molar-refractivity contribution in [2.75, 3.05) is 0 Å². The van der Waals surface area contributed by atoms with Crippen LogP contribution in [-0.4, -0.2) is 0 Å². The monoisotopic (exact) mass is 102 g/mol. The molecule has 0 aliphatic carbocycles. The molecule has 0 atom stereocenters. The maximum Gasteiger partial charge on any atom is 0.125 e. The van der Waals surface area contributed by atoms with Gasteiger partial charge in [-0.2, -0.15) is 0 Å². The van der Waals surface area contributed by atoms with E-state index in [9.17, 15) is 0 Å². The zero-order chi connectivity index (χ0) is 6.12. The van der Waals surface area contributed by atoms with E-state index in [1.54, 1.807) is 12.5 Å². The summed E-state index contributed by atoms with van der Waals surface area (Å²) in [7, 11) is 0. The molecule has 7 heavy (non-hydrogen) atoms. The van der Waals surface area contributed by atoms with Crippen molar-refractivity contribution in [2.45, 2.75) is 0 Å². The molecule has 0 saturated carbocycles. The third kappa shape index (κ3) is 2810. The molecular formula is C4H6O3. The van der Waals surface area contributed by atoms with Crippen molar-refractivity contribution in [3.05, 3.63) is 35.6 Å². The Bertz CT molecular complexity index is 44.9. The SMILES string of the molecule is C1=CO1.C=C.O=O. The minimum atomic E-state index is 1.62. The number of hydrogen-bond donors (Lipinski definition) is 0. The smallest absolute Gasteiger partial charge is 0.125 e. The third-order valence-electron chi connectivity index (χ3n) is 0.136. The normalized spacial score (nSPS) is 8.00. The van der Waals surface area contributed by atoms with Crippen LogP contribution in [0.15, 0.2) is 25.7 Å². The summed E-state index contributed by atoms with van der Waals surface area (Å²) in [6.07, 6.45) is 3.25. The van der Waals surface area contributed by atoms with Crippen LogP contribution >= 0.6 is 0 Å². The van der Waals surface area contributed by atoms with Gasteiger partial charge in [0.05, 0.1) is 0 Å². The van der Waals surface area contributed by atoms with Crippen LogP contribution in [0.2, 0.25) is 0 Å². The maximum absolute atomic E-state index is 7.00. The van der Waals surface area contributed by atoms with E-state index in [2.05, 4.69) is 17.9 Å². The van der Waals surface area contributed by atoms with Crippen LogP contribution in [0.25, 0.3) is 0 Å². The third-order valence-corrected chi connectivity index (χ3v) is 0.136. The Morgan fingerprint density at radius 3 is 1.29 bits per heavy atom. The minimum Gasteiger partial charge on any atom is -0.466 e. The van der Waals surface area contributed by atoms with Crippen molar-refractivity contribution in [2.24, 2.45) is 0 Å². The van der Waals surface area contributed by atoms with Crippen LogP contribution in [-0.2, 0) is 4.74 Å². The van der Waals surface area contributed by atoms with E-state index in [0.717, 1.165) is 0 Å². The molecule has 0 fully saturated rings. The van der Waals surface area contributed by atoms with Gasteiger partial charge in [0.1, 0.15) is 12.5 Å². The summed E-state index contributed by atoms with van der Waals surface area (Å²) in [5.41, 5.74) is 0. The van der Waals surface area contributed by atoms with Crippen LogP contribution in [0.3, 0.4) is 0 Å². The Hall–Kier alpha value is -1.12. The van der Waals surface area contributed by atoms with Crippen LogP contribution in [0, 0.1) is 9.93 Å². The lowest BCUT2D eigenvalue weighted by Crippen LogP contribution is -1.09. The largest absolute Gasteiger partial charge is 0.466 e. The topological polar surface area (TPSA) is 46.7 Å². The van der Waals surface area contributed by atoms with E-state index in [4.69, 9.17) is 9.93 Å². The van der Waals surface area contributed by atoms with E-state index in [1.165, 1.54) is 0 Å². The molecule has 40 valence electrons. The van der Waals surface area contributed by atoms with Gasteiger partial charge in [-0.25, -0.2) is 0 Å². The first kappa shape index (κ1) is 9.30. The molecule has 0 aromatic heterocycles. The number of rotatable bonds is 0. The second-order valence-electron chi connectivity index (χ2n) is 0.408. The predicted octanol–water partition coefficient (Wildman–Crippen LogP) is 1.36. The molecule has 0 N–H and O–H groups in total. The second kappa shape index (κ2) is 20.8. The van der Waals surface area contributed by atoms with Crippen molar-refractivity contribution in [1.82, 2.24) is 0 Å². The average molecular weight is 102 g/mol. The van der Waals surface area contributed by atoms with Crippen LogP contribution in [0.1, 0.15) is 0 Å². The highest BCUT2D eigenvalue weighted by atomic mass is 16.7. The Labute approximate surface area is 41.5 Å². The molecule has 0 spiro atoms. The molecule has 0 bridgehead atoms. The molecule has 1 rings (SSSR count). The van der Waals surface area contributed by atoms with Crippen molar-refractivity contribution in [3.8, 4) is 0 Å². The first-order valence-electron chi connectivity index (χ1n) is 1.47. The van der Waals surface area contributed by atoms with Gasteiger partial charge >= 0.3 is 0 Å². The van der Waals surface area contributed by atoms with Gasteiger partial charge in [-0.1, -0.05) is 0 Å². The van der Waals surface area contributed by atoms with E-state index in [1.807, 2.05) is 0 Å². The van der Waals surface area contributed by atoms with Crippen molar-refractivity contribution in [1.29, 1.82) is 0 Å². The molecule has 0 unspecified atom stereocenters. The highest BCUT2D eigenvalue weighted by Crippen LogP contribution is 1.89. The highest BCUT2D eigenvalue weighted by molar-refractivity contribution is 4.76. The zero-order valence-electron chi connectivity index (χ0n) is 3.79. The summed E-state index contributed by atoms with van der Waals surface area (Å²) in [5.74, 6) is 0. The standard InChI is InChI=1S/C2H2O.C2H4.O2/c1-2-3-1;2*1-2/h1-2H;1-2H2;. The number of ether oxygens (including phenoxy) is 1. The lowest BCUT2D eigenvalue weighted by Gasteiger charge is -1.37. The van der Waals surface area contributed by atoms with Crippen molar-refractivity contribution in [3.63, 3.8) is 0 Å². The van der Waals surface area contributed by atoms with Gasteiger partial charge < -0.3 is 4.74 Å². The minimum absolute atomic E-state index is 1.62. The lowest BCUT2D eigenvalue weighted by molar-refractivity contribution is 0.541.